The fourth-order valence-corrected chi connectivity index (χ4v) is 5.20. The van der Waals surface area contributed by atoms with Gasteiger partial charge in [-0.2, -0.15) is 9.44 Å². The molecule has 2 aliphatic heterocycles. The molecule has 0 spiro atoms. The largest absolute Gasteiger partial charge is 0.471 e. The Balaban J connectivity index is 1.41. The van der Waals surface area contributed by atoms with Crippen molar-refractivity contribution in [3.63, 3.8) is 0 Å². The summed E-state index contributed by atoms with van der Waals surface area (Å²) in [6.45, 7) is 11.4. The van der Waals surface area contributed by atoms with Crippen molar-refractivity contribution in [2.45, 2.75) is 57.7 Å². The number of rotatable bonds is 4. The molecule has 1 aromatic carbocycles. The molecule has 2 aliphatic rings. The summed E-state index contributed by atoms with van der Waals surface area (Å²) in [5.74, 6) is 1.16. The van der Waals surface area contributed by atoms with E-state index < -0.39 is 0 Å². The fraction of sp³-hybridized carbons (Fsp3) is 0.619. The monoisotopic (exact) mass is 435 g/mol. The highest BCUT2D eigenvalue weighted by molar-refractivity contribution is 6.99. The van der Waals surface area contributed by atoms with Crippen LogP contribution in [0.25, 0.3) is 0 Å². The summed E-state index contributed by atoms with van der Waals surface area (Å²) in [6, 6.07) is 6.64. The van der Waals surface area contributed by atoms with E-state index >= 15 is 0 Å². The van der Waals surface area contributed by atoms with Crippen LogP contribution in [0.15, 0.2) is 24.3 Å². The third-order valence-corrected chi connectivity index (χ3v) is 6.59. The van der Waals surface area contributed by atoms with Crippen LogP contribution in [0.2, 0.25) is 0 Å². The molecule has 0 saturated carbocycles. The van der Waals surface area contributed by atoms with Gasteiger partial charge in [0.25, 0.3) is 5.88 Å². The maximum absolute atomic E-state index is 13.2. The highest BCUT2D eigenvalue weighted by atomic mass is 32.1. The first kappa shape index (κ1) is 21.3. The van der Waals surface area contributed by atoms with Crippen molar-refractivity contribution in [3.8, 4) is 5.88 Å². The number of halogens is 1. The molecule has 1 aromatic heterocycles. The Morgan fingerprint density at radius 2 is 1.53 bits per heavy atom. The third-order valence-electron chi connectivity index (χ3n) is 6.09. The lowest BCUT2D eigenvalue weighted by Crippen LogP contribution is -2.61. The van der Waals surface area contributed by atoms with Crippen LogP contribution in [0.1, 0.15) is 40.5 Å². The number of anilines is 2. The molecule has 164 valence electrons. The van der Waals surface area contributed by atoms with Gasteiger partial charge in [0.2, 0.25) is 5.82 Å². The number of hydrogen-bond acceptors (Lipinski definition) is 8. The number of piperazine rings is 1. The number of piperidine rings is 1. The summed E-state index contributed by atoms with van der Waals surface area (Å²) in [6.07, 6.45) is 1.38. The first-order valence-corrected chi connectivity index (χ1v) is 11.1. The minimum Gasteiger partial charge on any atom is -0.471 e. The van der Waals surface area contributed by atoms with E-state index in [1.807, 2.05) is 39.8 Å². The van der Waals surface area contributed by atoms with E-state index in [4.69, 9.17) is 4.74 Å². The molecule has 2 fully saturated rings. The molecule has 0 radical (unpaired) electrons. The number of aromatic nitrogens is 2. The number of hydrogen-bond donors (Lipinski definition) is 1. The van der Waals surface area contributed by atoms with Crippen LogP contribution in [0, 0.1) is 5.82 Å². The van der Waals surface area contributed by atoms with E-state index in [2.05, 4.69) is 18.5 Å². The van der Waals surface area contributed by atoms with Crippen LogP contribution in [0.5, 0.6) is 5.88 Å². The van der Waals surface area contributed by atoms with Crippen molar-refractivity contribution in [1.29, 1.82) is 0 Å². The number of benzene rings is 1. The molecule has 0 amide bonds. The van der Waals surface area contributed by atoms with Gasteiger partial charge in [-0.3, -0.25) is 0 Å². The highest BCUT2D eigenvalue weighted by Crippen LogP contribution is 2.39. The van der Waals surface area contributed by atoms with Gasteiger partial charge >= 0.3 is 0 Å². The second-order valence-electron chi connectivity index (χ2n) is 9.43. The van der Waals surface area contributed by atoms with Crippen molar-refractivity contribution >= 4 is 23.2 Å². The fourth-order valence-electron chi connectivity index (χ4n) is 4.69. The van der Waals surface area contributed by atoms with Crippen LogP contribution in [-0.2, 0) is 0 Å². The molecular formula is C21H30FN5O2S. The van der Waals surface area contributed by atoms with Crippen LogP contribution < -0.4 is 14.5 Å². The lowest BCUT2D eigenvalue weighted by atomic mass is 9.80. The first-order chi connectivity index (χ1) is 14.2. The van der Waals surface area contributed by atoms with Gasteiger partial charge in [0, 0.05) is 55.8 Å². The topological polar surface area (TPSA) is 65.0 Å². The van der Waals surface area contributed by atoms with Crippen molar-refractivity contribution in [1.82, 2.24) is 13.8 Å². The SMILES string of the molecule is CC1(C)CC(Oc2nsnc2N2CCN(c3ccc(F)cc3)CC2)CC(C)(C)N1O. The minimum absolute atomic E-state index is 0.0402. The van der Waals surface area contributed by atoms with E-state index in [-0.39, 0.29) is 23.0 Å². The molecule has 0 aliphatic carbocycles. The molecule has 4 rings (SSSR count). The second-order valence-corrected chi connectivity index (χ2v) is 9.96. The summed E-state index contributed by atoms with van der Waals surface area (Å²) in [5.41, 5.74) is 0.275. The zero-order valence-electron chi connectivity index (χ0n) is 18.0. The first-order valence-electron chi connectivity index (χ1n) is 10.4. The molecule has 2 saturated heterocycles. The van der Waals surface area contributed by atoms with Crippen LogP contribution in [-0.4, -0.2) is 62.4 Å². The Bertz CT molecular complexity index is 847. The van der Waals surface area contributed by atoms with E-state index in [9.17, 15) is 9.60 Å². The van der Waals surface area contributed by atoms with Gasteiger partial charge in [-0.15, -0.1) is 4.37 Å². The van der Waals surface area contributed by atoms with Gasteiger partial charge in [0.05, 0.1) is 11.7 Å². The standard InChI is InChI=1S/C21H30FN5O2S/c1-20(2)13-17(14-21(3,4)27(20)28)29-19-18(23-30-24-19)26-11-9-25(10-12-26)16-7-5-15(22)6-8-16/h5-8,17,28H,9-14H2,1-4H3. The Morgan fingerprint density at radius 1 is 0.967 bits per heavy atom. The summed E-state index contributed by atoms with van der Waals surface area (Å²) >= 11 is 1.17. The van der Waals surface area contributed by atoms with Gasteiger partial charge in [-0.1, -0.05) is 0 Å². The number of hydroxylamine groups is 2. The van der Waals surface area contributed by atoms with Gasteiger partial charge in [-0.25, -0.2) is 4.39 Å². The molecule has 1 N–H and O–H groups in total. The third kappa shape index (κ3) is 4.24. The quantitative estimate of drug-likeness (QED) is 0.784. The molecule has 2 aromatic rings. The van der Waals surface area contributed by atoms with E-state index in [0.29, 0.717) is 18.7 Å². The molecule has 7 nitrogen and oxygen atoms in total. The number of ether oxygens (including phenoxy) is 1. The molecule has 0 bridgehead atoms. The number of nitrogens with zero attached hydrogens (tertiary/aromatic N) is 5. The predicted molar refractivity (Wildman–Crippen MR) is 116 cm³/mol. The Kier molecular flexibility index (Phi) is 5.63. The smallest absolute Gasteiger partial charge is 0.271 e. The van der Waals surface area contributed by atoms with Crippen LogP contribution in [0.4, 0.5) is 15.9 Å². The maximum atomic E-state index is 13.2. The zero-order valence-corrected chi connectivity index (χ0v) is 18.8. The maximum Gasteiger partial charge on any atom is 0.271 e. The minimum atomic E-state index is -0.378. The van der Waals surface area contributed by atoms with E-state index in [1.165, 1.54) is 28.9 Å². The van der Waals surface area contributed by atoms with Gasteiger partial charge in [0.1, 0.15) is 11.9 Å². The van der Waals surface area contributed by atoms with Crippen molar-refractivity contribution < 1.29 is 14.3 Å². The average molecular weight is 436 g/mol. The molecule has 9 heteroatoms. The summed E-state index contributed by atoms with van der Waals surface area (Å²) in [4.78, 5) is 4.45. The molecule has 0 unspecified atom stereocenters. The van der Waals surface area contributed by atoms with Gasteiger partial charge < -0.3 is 19.7 Å². The lowest BCUT2D eigenvalue weighted by molar-refractivity contribution is -0.255. The van der Waals surface area contributed by atoms with Crippen molar-refractivity contribution in [2.75, 3.05) is 36.0 Å². The van der Waals surface area contributed by atoms with E-state index in [1.54, 1.807) is 0 Å². The predicted octanol–water partition coefficient (Wildman–Crippen LogP) is 3.79. The van der Waals surface area contributed by atoms with Gasteiger partial charge in [0.15, 0.2) is 0 Å². The molecule has 30 heavy (non-hydrogen) atoms. The Morgan fingerprint density at radius 3 is 2.13 bits per heavy atom. The normalized spacial score (nSPS) is 22.3. The average Bonchev–Trinajstić information content (AvgIpc) is 3.14. The molecule has 3 heterocycles. The molecule has 0 atom stereocenters. The Labute approximate surface area is 181 Å². The summed E-state index contributed by atoms with van der Waals surface area (Å²) in [7, 11) is 0. The highest BCUT2D eigenvalue weighted by Gasteiger charge is 2.46. The zero-order chi connectivity index (χ0) is 21.5. The van der Waals surface area contributed by atoms with Crippen LogP contribution >= 0.6 is 11.7 Å². The second kappa shape index (κ2) is 7.94. The van der Waals surface area contributed by atoms with E-state index in [0.717, 1.165) is 37.7 Å². The van der Waals surface area contributed by atoms with Crippen LogP contribution in [0.3, 0.4) is 0 Å². The molecular weight excluding hydrogens is 405 g/mol. The van der Waals surface area contributed by atoms with Gasteiger partial charge in [-0.05, 0) is 52.0 Å². The lowest BCUT2D eigenvalue weighted by Gasteiger charge is -2.51. The van der Waals surface area contributed by atoms with Crippen molar-refractivity contribution in [3.05, 3.63) is 30.1 Å². The van der Waals surface area contributed by atoms with Crippen molar-refractivity contribution in [2.24, 2.45) is 0 Å². The Hall–Kier alpha value is -1.97. The summed E-state index contributed by atoms with van der Waals surface area (Å²) < 4.78 is 28.4. The summed E-state index contributed by atoms with van der Waals surface area (Å²) in [5, 5.41) is 12.0.